The van der Waals surface area contributed by atoms with Gasteiger partial charge < -0.3 is 24.2 Å². The average Bonchev–Trinajstić information content (AvgIpc) is 3.27. The van der Waals surface area contributed by atoms with Gasteiger partial charge in [-0.1, -0.05) is 30.7 Å². The number of aliphatic hydroxyl groups is 1. The van der Waals surface area contributed by atoms with Crippen molar-refractivity contribution in [3.8, 4) is 5.75 Å². The molecule has 2 N–H and O–H groups in total. The first kappa shape index (κ1) is 37.6. The van der Waals surface area contributed by atoms with Gasteiger partial charge in [0.1, 0.15) is 11.6 Å². The zero-order chi connectivity index (χ0) is 36.6. The first-order chi connectivity index (χ1) is 24.9. The number of carbonyl (C=O) groups is 1. The Morgan fingerprint density at radius 2 is 1.96 bits per heavy atom. The van der Waals surface area contributed by atoms with Crippen LogP contribution in [0.25, 0.3) is 0 Å². The van der Waals surface area contributed by atoms with Crippen LogP contribution < -0.4 is 14.4 Å². The molecule has 0 radical (unpaired) electrons. The number of allylic oxidation sites excluding steroid dienone is 1. The van der Waals surface area contributed by atoms with E-state index in [9.17, 15) is 18.3 Å². The van der Waals surface area contributed by atoms with Crippen LogP contribution in [0.4, 0.5) is 10.1 Å². The highest BCUT2D eigenvalue weighted by molar-refractivity contribution is 7.90. The van der Waals surface area contributed by atoms with E-state index in [4.69, 9.17) is 25.8 Å². The molecule has 0 saturated carbocycles. The summed E-state index contributed by atoms with van der Waals surface area (Å²) in [5.74, 6) is -0.810. The highest BCUT2D eigenvalue weighted by Crippen LogP contribution is 2.45. The van der Waals surface area contributed by atoms with E-state index in [1.807, 2.05) is 17.0 Å². The Balaban J connectivity index is 1.25. The lowest BCUT2D eigenvalue weighted by atomic mass is 9.70. The van der Waals surface area contributed by atoms with Gasteiger partial charge in [-0.25, -0.2) is 17.5 Å². The third-order valence-electron chi connectivity index (χ3n) is 12.1. The number of aryl methyl sites for hydroxylation is 1. The summed E-state index contributed by atoms with van der Waals surface area (Å²) in [5.41, 5.74) is 2.88. The van der Waals surface area contributed by atoms with Gasteiger partial charge in [-0.05, 0) is 105 Å². The van der Waals surface area contributed by atoms with Crippen LogP contribution in [0.2, 0.25) is 5.02 Å². The fourth-order valence-corrected chi connectivity index (χ4v) is 10.1. The molecule has 2 unspecified atom stereocenters. The van der Waals surface area contributed by atoms with Crippen molar-refractivity contribution in [1.29, 1.82) is 0 Å². The monoisotopic (exact) mass is 759 g/mol. The molecule has 1 amide bonds. The average molecular weight is 760 g/mol. The van der Waals surface area contributed by atoms with Gasteiger partial charge in [-0.3, -0.25) is 9.69 Å². The molecule has 0 aromatic heterocycles. The van der Waals surface area contributed by atoms with E-state index in [0.717, 1.165) is 38.5 Å². The second-order valence-electron chi connectivity index (χ2n) is 15.6. The molecule has 5 aliphatic rings. The molecule has 2 aromatic rings. The summed E-state index contributed by atoms with van der Waals surface area (Å²) in [4.78, 5) is 17.8. The third kappa shape index (κ3) is 7.75. The summed E-state index contributed by atoms with van der Waals surface area (Å²) >= 11 is 6.44. The lowest BCUT2D eigenvalue weighted by Crippen LogP contribution is -2.62. The van der Waals surface area contributed by atoms with Gasteiger partial charge in [0.25, 0.3) is 5.91 Å². The van der Waals surface area contributed by atoms with E-state index in [2.05, 4.69) is 15.7 Å². The minimum atomic E-state index is -4.11. The number of halogens is 2. The van der Waals surface area contributed by atoms with Gasteiger partial charge in [0.2, 0.25) is 10.0 Å². The number of ether oxygens (including phenoxy) is 3. The zero-order valence-electron chi connectivity index (χ0n) is 30.1. The van der Waals surface area contributed by atoms with Crippen molar-refractivity contribution < 1.29 is 36.9 Å². The molecule has 4 aliphatic heterocycles. The summed E-state index contributed by atoms with van der Waals surface area (Å²) < 4.78 is 63.7. The van der Waals surface area contributed by atoms with Crippen molar-refractivity contribution in [2.45, 2.75) is 87.6 Å². The number of anilines is 1. The molecular weight excluding hydrogens is 709 g/mol. The van der Waals surface area contributed by atoms with Gasteiger partial charge >= 0.3 is 0 Å². The Hall–Kier alpha value is -2.74. The number of rotatable bonds is 5. The number of benzene rings is 2. The molecule has 52 heavy (non-hydrogen) atoms. The molecule has 7 rings (SSSR count). The topological polar surface area (TPSA) is 118 Å². The summed E-state index contributed by atoms with van der Waals surface area (Å²) in [7, 11) is -4.11. The Kier molecular flexibility index (Phi) is 11.2. The first-order valence-electron chi connectivity index (χ1n) is 18.8. The molecule has 10 nitrogen and oxygen atoms in total. The highest BCUT2D eigenvalue weighted by Gasteiger charge is 2.45. The van der Waals surface area contributed by atoms with E-state index in [0.29, 0.717) is 68.4 Å². The molecule has 2 bridgehead atoms. The van der Waals surface area contributed by atoms with Gasteiger partial charge in [0.05, 0.1) is 36.3 Å². The maximum absolute atomic E-state index is 16.5. The minimum Gasteiger partial charge on any atom is -0.490 e. The van der Waals surface area contributed by atoms with Crippen molar-refractivity contribution in [3.63, 3.8) is 0 Å². The van der Waals surface area contributed by atoms with Crippen molar-refractivity contribution in [2.24, 2.45) is 11.8 Å². The van der Waals surface area contributed by atoms with Gasteiger partial charge in [0, 0.05) is 61.5 Å². The van der Waals surface area contributed by atoms with Crippen molar-refractivity contribution in [1.82, 2.24) is 9.62 Å². The molecule has 2 aromatic carbocycles. The predicted molar refractivity (Wildman–Crippen MR) is 198 cm³/mol. The fraction of sp³-hybridized carbons (Fsp3) is 0.615. The Bertz CT molecular complexity index is 1770. The lowest BCUT2D eigenvalue weighted by Gasteiger charge is -2.50. The Labute approximate surface area is 311 Å². The van der Waals surface area contributed by atoms with Crippen LogP contribution >= 0.6 is 11.6 Å². The fourth-order valence-electron chi connectivity index (χ4n) is 8.65. The summed E-state index contributed by atoms with van der Waals surface area (Å²) in [6.07, 6.45) is 5.71. The van der Waals surface area contributed by atoms with E-state index < -0.39 is 45.1 Å². The number of carbonyl (C=O) groups excluding carboxylic acids is 1. The number of nitrogens with one attached hydrogen (secondary N) is 1. The highest BCUT2D eigenvalue weighted by atomic mass is 35.5. The summed E-state index contributed by atoms with van der Waals surface area (Å²) in [6, 6.07) is 10.0. The molecule has 2 saturated heterocycles. The quantitative estimate of drug-likeness (QED) is 0.414. The van der Waals surface area contributed by atoms with Crippen LogP contribution in [0, 0.1) is 11.8 Å². The summed E-state index contributed by atoms with van der Waals surface area (Å²) in [5, 5.41) is 11.3. The molecule has 13 heteroatoms. The van der Waals surface area contributed by atoms with Crippen LogP contribution in [0.5, 0.6) is 5.75 Å². The molecule has 1 aliphatic carbocycles. The standard InChI is InChI=1S/C39H51ClFN3O7S/c1-25-5-9-33(41)37(35(45)22-50-21-27-12-16-49-17-13-27)44-15-11-31(44)20-43-23-39(14-3-4-28-18-30(40)7-8-32(28)39)24-51-36-10-6-29(19-34(36)43)38(46)42-52(47,48)26(25)2/h6-10,18-19,25-27,31,35,37,45H,3-5,11-17,20-24H2,1-2H3,(H,42,46)/b33-9-/t25-,26+,31-,35?,37?,39-/m0/s1. The van der Waals surface area contributed by atoms with Gasteiger partial charge in [-0.2, -0.15) is 0 Å². The molecule has 4 heterocycles. The van der Waals surface area contributed by atoms with Crippen molar-refractivity contribution in [2.75, 3.05) is 57.6 Å². The molecule has 284 valence electrons. The lowest BCUT2D eigenvalue weighted by molar-refractivity contribution is -0.0610. The third-order valence-corrected chi connectivity index (χ3v) is 14.3. The number of aliphatic hydroxyl groups excluding tert-OH is 1. The summed E-state index contributed by atoms with van der Waals surface area (Å²) in [6.45, 7) is 7.13. The van der Waals surface area contributed by atoms with E-state index in [1.54, 1.807) is 25.1 Å². The van der Waals surface area contributed by atoms with Crippen LogP contribution in [-0.4, -0.2) is 100 Å². The second kappa shape index (κ2) is 15.5. The van der Waals surface area contributed by atoms with Crippen molar-refractivity contribution in [3.05, 3.63) is 70.0 Å². The van der Waals surface area contributed by atoms with E-state index in [1.165, 1.54) is 24.1 Å². The maximum Gasteiger partial charge on any atom is 0.264 e. The van der Waals surface area contributed by atoms with Crippen molar-refractivity contribution >= 4 is 33.2 Å². The molecular formula is C39H51ClFN3O7S. The predicted octanol–water partition coefficient (Wildman–Crippen LogP) is 5.40. The number of hydrogen-bond donors (Lipinski definition) is 2. The van der Waals surface area contributed by atoms with Gasteiger partial charge in [-0.15, -0.1) is 0 Å². The Morgan fingerprint density at radius 3 is 2.73 bits per heavy atom. The van der Waals surface area contributed by atoms with Crippen LogP contribution in [0.3, 0.4) is 0 Å². The minimum absolute atomic E-state index is 0.0227. The normalized spacial score (nSPS) is 31.5. The van der Waals surface area contributed by atoms with Gasteiger partial charge in [0.15, 0.2) is 0 Å². The van der Waals surface area contributed by atoms with E-state index >= 15 is 4.39 Å². The second-order valence-corrected chi connectivity index (χ2v) is 18.0. The van der Waals surface area contributed by atoms with E-state index in [-0.39, 0.29) is 30.0 Å². The SMILES string of the molecule is C[C@@H]1[C@@H](C)C/C=C(\F)C(C(O)COCC2CCOCC2)N2CC[C@H]2CN2C[C@@]3(CCCc4cc(Cl)ccc43)COc3ccc(cc32)C(=O)NS1(=O)=O. The molecule has 6 atom stereocenters. The number of sulfonamides is 1. The molecule has 2 fully saturated rings. The van der Waals surface area contributed by atoms with Crippen LogP contribution in [0.1, 0.15) is 73.9 Å². The number of amides is 1. The number of fused-ring (bicyclic) bond motifs is 4. The maximum atomic E-state index is 16.5. The van der Waals surface area contributed by atoms with Crippen LogP contribution in [-0.2, 0) is 31.3 Å². The number of nitrogens with zero attached hydrogens (tertiary/aromatic N) is 2. The largest absolute Gasteiger partial charge is 0.490 e. The number of hydrogen-bond acceptors (Lipinski definition) is 9. The van der Waals surface area contributed by atoms with Crippen LogP contribution in [0.15, 0.2) is 48.3 Å². The first-order valence-corrected chi connectivity index (χ1v) is 20.7. The Morgan fingerprint density at radius 1 is 1.15 bits per heavy atom. The zero-order valence-corrected chi connectivity index (χ0v) is 31.6. The molecule has 1 spiro atoms. The smallest absolute Gasteiger partial charge is 0.264 e.